The number of hydrogen-bond donors (Lipinski definition) is 0. The molecule has 0 N–H and O–H groups in total. The molecule has 0 bridgehead atoms. The lowest BCUT2D eigenvalue weighted by Gasteiger charge is -2.15. The van der Waals surface area contributed by atoms with Crippen LogP contribution in [-0.4, -0.2) is 13.2 Å². The van der Waals surface area contributed by atoms with Crippen LogP contribution in [0.4, 0.5) is 0 Å². The predicted octanol–water partition coefficient (Wildman–Crippen LogP) is 13.8. The maximum atomic E-state index is 5.91. The Kier molecular flexibility index (Phi) is 26.7. The quantitative estimate of drug-likeness (QED) is 0.0667. The lowest BCUT2D eigenvalue weighted by molar-refractivity contribution is 0.192. The van der Waals surface area contributed by atoms with Crippen molar-refractivity contribution in [2.75, 3.05) is 13.2 Å². The summed E-state index contributed by atoms with van der Waals surface area (Å²) < 4.78 is 5.91. The highest BCUT2D eigenvalue weighted by molar-refractivity contribution is 5.00. The van der Waals surface area contributed by atoms with Gasteiger partial charge in [-0.3, -0.25) is 0 Å². The summed E-state index contributed by atoms with van der Waals surface area (Å²) >= 11 is 0. The smallest absolute Gasteiger partial charge is 0.0654 e. The summed E-state index contributed by atoms with van der Waals surface area (Å²) in [5, 5.41) is 0. The van der Waals surface area contributed by atoms with E-state index in [2.05, 4.69) is 81.4 Å². The van der Waals surface area contributed by atoms with E-state index in [1.54, 1.807) is 0 Å². The molecule has 0 spiro atoms. The molecule has 0 amide bonds. The molecule has 0 rings (SSSR count). The molecule has 0 aromatic heterocycles. The highest BCUT2D eigenvalue weighted by atomic mass is 16.5. The van der Waals surface area contributed by atoms with Crippen LogP contribution in [0.1, 0.15) is 185 Å². The van der Waals surface area contributed by atoms with Crippen molar-refractivity contribution in [2.45, 2.75) is 185 Å². The minimum atomic E-state index is 0.757. The Morgan fingerprint density at radius 2 is 0.683 bits per heavy atom. The summed E-state index contributed by atoms with van der Waals surface area (Å²) in [5.41, 5.74) is 2.99. The van der Waals surface area contributed by atoms with Crippen LogP contribution in [0.2, 0.25) is 0 Å². The Hall–Kier alpha value is -0.560. The second-order valence-electron chi connectivity index (χ2n) is 15.4. The van der Waals surface area contributed by atoms with Gasteiger partial charge < -0.3 is 4.74 Å². The molecule has 0 radical (unpaired) electrons. The molecule has 0 fully saturated rings. The summed E-state index contributed by atoms with van der Waals surface area (Å²) in [5.74, 6) is 5.27. The highest BCUT2D eigenvalue weighted by Gasteiger charge is 2.08. The third-order valence-corrected chi connectivity index (χ3v) is 9.38. The number of ether oxygens (including phenoxy) is 1. The van der Waals surface area contributed by atoms with Crippen molar-refractivity contribution in [3.63, 3.8) is 0 Å². The van der Waals surface area contributed by atoms with Crippen LogP contribution < -0.4 is 0 Å². The number of hydrogen-bond acceptors (Lipinski definition) is 1. The van der Waals surface area contributed by atoms with Gasteiger partial charge in [-0.15, -0.1) is 0 Å². The van der Waals surface area contributed by atoms with Crippen molar-refractivity contribution in [2.24, 2.45) is 35.5 Å². The first-order chi connectivity index (χ1) is 19.5. The molecule has 4 atom stereocenters. The Morgan fingerprint density at radius 3 is 0.976 bits per heavy atom. The van der Waals surface area contributed by atoms with Crippen molar-refractivity contribution in [1.29, 1.82) is 0 Å². The standard InChI is InChI=1S/C40H78O/c1-33(2)17-11-19-35(5)21-13-23-37(7)25-15-27-39(9)29-31-41-32-30-40(10)28-16-26-38(8)24-14-22-36(6)20-12-18-34(3)4/h29-30,33-38H,11-28,31-32H2,1-10H3/b39-29+,40-30+/t35-,36-,37-,38-/m1/s1. The van der Waals surface area contributed by atoms with E-state index >= 15 is 0 Å². The molecule has 0 aliphatic rings. The minimum absolute atomic E-state index is 0.757. The van der Waals surface area contributed by atoms with Gasteiger partial charge in [0.25, 0.3) is 0 Å². The molecule has 0 aromatic carbocycles. The second-order valence-corrected chi connectivity index (χ2v) is 15.4. The van der Waals surface area contributed by atoms with E-state index in [4.69, 9.17) is 4.74 Å². The van der Waals surface area contributed by atoms with Crippen LogP contribution in [0, 0.1) is 35.5 Å². The van der Waals surface area contributed by atoms with E-state index < -0.39 is 0 Å². The molecule has 41 heavy (non-hydrogen) atoms. The van der Waals surface area contributed by atoms with Gasteiger partial charge in [-0.25, -0.2) is 0 Å². The molecular formula is C40H78O. The van der Waals surface area contributed by atoms with Crippen LogP contribution in [-0.2, 0) is 4.74 Å². The molecule has 244 valence electrons. The molecule has 0 aromatic rings. The normalized spacial score (nSPS) is 16.0. The third kappa shape index (κ3) is 29.3. The van der Waals surface area contributed by atoms with E-state index in [1.807, 2.05) is 0 Å². The maximum Gasteiger partial charge on any atom is 0.0654 e. The Balaban J connectivity index is 3.78. The zero-order valence-electron chi connectivity index (χ0n) is 30.2. The lowest BCUT2D eigenvalue weighted by Crippen LogP contribution is -2.00. The summed E-state index contributed by atoms with van der Waals surface area (Å²) in [4.78, 5) is 0. The van der Waals surface area contributed by atoms with Gasteiger partial charge in [0.05, 0.1) is 13.2 Å². The fourth-order valence-corrected chi connectivity index (χ4v) is 6.09. The third-order valence-electron chi connectivity index (χ3n) is 9.38. The van der Waals surface area contributed by atoms with Crippen LogP contribution in [0.25, 0.3) is 0 Å². The monoisotopic (exact) mass is 575 g/mol. The Morgan fingerprint density at radius 1 is 0.415 bits per heavy atom. The van der Waals surface area contributed by atoms with Crippen LogP contribution in [0.5, 0.6) is 0 Å². The summed E-state index contributed by atoms with van der Waals surface area (Å²) in [7, 11) is 0. The second kappa shape index (κ2) is 27.0. The first kappa shape index (κ1) is 40.4. The molecule has 0 unspecified atom stereocenters. The number of allylic oxidation sites excluding steroid dienone is 2. The Labute approximate surface area is 261 Å². The summed E-state index contributed by atoms with van der Waals surface area (Å²) in [6.07, 6.45) is 29.4. The Bertz CT molecular complexity index is 573. The van der Waals surface area contributed by atoms with Crippen molar-refractivity contribution in [3.8, 4) is 0 Å². The minimum Gasteiger partial charge on any atom is -0.373 e. The predicted molar refractivity (Wildman–Crippen MR) is 188 cm³/mol. The molecule has 0 saturated heterocycles. The summed E-state index contributed by atoms with van der Waals surface area (Å²) in [6.45, 7) is 25.3. The van der Waals surface area contributed by atoms with Crippen LogP contribution in [0.3, 0.4) is 0 Å². The first-order valence-corrected chi connectivity index (χ1v) is 18.4. The van der Waals surface area contributed by atoms with Gasteiger partial charge >= 0.3 is 0 Å². The molecule has 0 aliphatic carbocycles. The SMILES string of the molecule is C/C(=C\COC/C=C(\C)CCC[C@H](C)CCC[C@H](C)CCCC(C)C)CCC[C@H](C)CCC[C@H](C)CCCC(C)C. The fraction of sp³-hybridized carbons (Fsp3) is 0.900. The molecule has 0 aliphatic heterocycles. The van der Waals surface area contributed by atoms with E-state index in [0.29, 0.717) is 0 Å². The molecular weight excluding hydrogens is 496 g/mol. The van der Waals surface area contributed by atoms with E-state index in [9.17, 15) is 0 Å². The zero-order chi connectivity index (χ0) is 30.9. The van der Waals surface area contributed by atoms with Gasteiger partial charge in [0.2, 0.25) is 0 Å². The topological polar surface area (TPSA) is 9.23 Å². The highest BCUT2D eigenvalue weighted by Crippen LogP contribution is 2.23. The van der Waals surface area contributed by atoms with E-state index in [-0.39, 0.29) is 0 Å². The van der Waals surface area contributed by atoms with E-state index in [0.717, 1.165) is 48.7 Å². The average Bonchev–Trinajstić information content (AvgIpc) is 2.88. The maximum absolute atomic E-state index is 5.91. The fourth-order valence-electron chi connectivity index (χ4n) is 6.09. The van der Waals surface area contributed by atoms with Crippen LogP contribution >= 0.6 is 0 Å². The zero-order valence-corrected chi connectivity index (χ0v) is 30.2. The molecule has 0 saturated carbocycles. The molecule has 1 nitrogen and oxygen atoms in total. The van der Waals surface area contributed by atoms with Gasteiger partial charge in [0, 0.05) is 0 Å². The van der Waals surface area contributed by atoms with Gasteiger partial charge in [-0.05, 0) is 75.0 Å². The largest absolute Gasteiger partial charge is 0.373 e. The van der Waals surface area contributed by atoms with Gasteiger partial charge in [0.1, 0.15) is 0 Å². The van der Waals surface area contributed by atoms with Crippen LogP contribution in [0.15, 0.2) is 23.3 Å². The van der Waals surface area contributed by atoms with Gasteiger partial charge in [-0.2, -0.15) is 0 Å². The number of rotatable bonds is 28. The van der Waals surface area contributed by atoms with E-state index in [1.165, 1.54) is 127 Å². The van der Waals surface area contributed by atoms with Crippen molar-refractivity contribution >= 4 is 0 Å². The van der Waals surface area contributed by atoms with Crippen molar-refractivity contribution < 1.29 is 4.74 Å². The molecule has 0 heterocycles. The average molecular weight is 575 g/mol. The lowest BCUT2D eigenvalue weighted by atomic mass is 9.91. The van der Waals surface area contributed by atoms with Crippen molar-refractivity contribution in [1.82, 2.24) is 0 Å². The van der Waals surface area contributed by atoms with Crippen molar-refractivity contribution in [3.05, 3.63) is 23.3 Å². The first-order valence-electron chi connectivity index (χ1n) is 18.4. The van der Waals surface area contributed by atoms with Gasteiger partial charge in [-0.1, -0.05) is 169 Å². The molecule has 1 heteroatoms. The van der Waals surface area contributed by atoms with Gasteiger partial charge in [0.15, 0.2) is 0 Å². The summed E-state index contributed by atoms with van der Waals surface area (Å²) in [6, 6.07) is 0.